The number of aryl methyl sites for hydroxylation is 1. The van der Waals surface area contributed by atoms with Gasteiger partial charge in [-0.3, -0.25) is 9.59 Å². The fourth-order valence-electron chi connectivity index (χ4n) is 2.29. The van der Waals surface area contributed by atoms with E-state index in [-0.39, 0.29) is 11.8 Å². The lowest BCUT2D eigenvalue weighted by Crippen LogP contribution is -2.30. The molecule has 1 aromatic heterocycles. The summed E-state index contributed by atoms with van der Waals surface area (Å²) in [4.78, 5) is 30.5. The van der Waals surface area contributed by atoms with E-state index >= 15 is 0 Å². The van der Waals surface area contributed by atoms with Crippen LogP contribution in [-0.4, -0.2) is 34.8 Å². The third kappa shape index (κ3) is 4.16. The van der Waals surface area contributed by atoms with E-state index in [1.807, 2.05) is 26.8 Å². The molecule has 0 spiro atoms. The van der Waals surface area contributed by atoms with Gasteiger partial charge in [0.05, 0.1) is 0 Å². The van der Waals surface area contributed by atoms with Crippen LogP contribution in [0.4, 0.5) is 5.69 Å². The highest BCUT2D eigenvalue weighted by Crippen LogP contribution is 2.14. The number of amides is 2. The van der Waals surface area contributed by atoms with E-state index in [1.54, 1.807) is 41.3 Å². The zero-order valence-corrected chi connectivity index (χ0v) is 13.7. The van der Waals surface area contributed by atoms with Crippen LogP contribution in [0.5, 0.6) is 0 Å². The smallest absolute Gasteiger partial charge is 0.274 e. The van der Waals surface area contributed by atoms with E-state index in [9.17, 15) is 9.59 Å². The second-order valence-corrected chi connectivity index (χ2v) is 5.18. The lowest BCUT2D eigenvalue weighted by Gasteiger charge is -2.19. The van der Waals surface area contributed by atoms with E-state index in [1.165, 1.54) is 0 Å². The summed E-state index contributed by atoms with van der Waals surface area (Å²) in [6.07, 6.45) is 0. The lowest BCUT2D eigenvalue weighted by atomic mass is 10.1. The Bertz CT molecular complexity index is 709. The molecule has 0 radical (unpaired) electrons. The first-order chi connectivity index (χ1) is 11.0. The van der Waals surface area contributed by atoms with Crippen molar-refractivity contribution in [2.24, 2.45) is 0 Å². The molecule has 0 unspecified atom stereocenters. The summed E-state index contributed by atoms with van der Waals surface area (Å²) >= 11 is 0. The van der Waals surface area contributed by atoms with Crippen LogP contribution in [0.15, 0.2) is 42.5 Å². The number of carbonyl (C=O) groups is 2. The Kier molecular flexibility index (Phi) is 5.46. The molecule has 2 rings (SSSR count). The predicted molar refractivity (Wildman–Crippen MR) is 90.6 cm³/mol. The van der Waals surface area contributed by atoms with Crippen molar-refractivity contribution in [3.05, 3.63) is 59.4 Å². The zero-order chi connectivity index (χ0) is 16.8. The van der Waals surface area contributed by atoms with Gasteiger partial charge in [-0.25, -0.2) is 4.98 Å². The summed E-state index contributed by atoms with van der Waals surface area (Å²) in [7, 11) is 0. The third-order valence-electron chi connectivity index (χ3n) is 3.54. The maximum Gasteiger partial charge on any atom is 0.274 e. The second kappa shape index (κ2) is 7.54. The first-order valence-corrected chi connectivity index (χ1v) is 7.69. The van der Waals surface area contributed by atoms with Gasteiger partial charge in [0.1, 0.15) is 5.69 Å². The van der Waals surface area contributed by atoms with Gasteiger partial charge in [0.25, 0.3) is 11.8 Å². The molecular weight excluding hydrogens is 290 g/mol. The topological polar surface area (TPSA) is 62.3 Å². The molecule has 0 aliphatic rings. The van der Waals surface area contributed by atoms with Crippen molar-refractivity contribution < 1.29 is 9.59 Å². The van der Waals surface area contributed by atoms with Crippen molar-refractivity contribution in [1.29, 1.82) is 0 Å². The molecule has 0 aliphatic carbocycles. The lowest BCUT2D eigenvalue weighted by molar-refractivity contribution is 0.0772. The van der Waals surface area contributed by atoms with Crippen LogP contribution in [0.2, 0.25) is 0 Å². The molecule has 0 bridgehead atoms. The summed E-state index contributed by atoms with van der Waals surface area (Å²) in [5.41, 5.74) is 2.27. The fraction of sp³-hybridized carbons (Fsp3) is 0.278. The molecule has 23 heavy (non-hydrogen) atoms. The Morgan fingerprint density at radius 3 is 2.43 bits per heavy atom. The van der Waals surface area contributed by atoms with Crippen molar-refractivity contribution in [3.8, 4) is 0 Å². The maximum atomic E-state index is 12.4. The van der Waals surface area contributed by atoms with E-state index in [0.717, 1.165) is 5.69 Å². The molecule has 0 saturated heterocycles. The van der Waals surface area contributed by atoms with Gasteiger partial charge in [0.2, 0.25) is 0 Å². The minimum atomic E-state index is -0.291. The molecule has 0 fully saturated rings. The molecule has 5 nitrogen and oxygen atoms in total. The largest absolute Gasteiger partial charge is 0.339 e. The number of anilines is 1. The van der Waals surface area contributed by atoms with Crippen molar-refractivity contribution in [1.82, 2.24) is 9.88 Å². The van der Waals surface area contributed by atoms with Crippen LogP contribution < -0.4 is 5.32 Å². The highest BCUT2D eigenvalue weighted by atomic mass is 16.2. The molecule has 0 aliphatic heterocycles. The van der Waals surface area contributed by atoms with Crippen LogP contribution in [0.3, 0.4) is 0 Å². The number of nitrogens with zero attached hydrogens (tertiary/aromatic N) is 2. The van der Waals surface area contributed by atoms with Crippen molar-refractivity contribution >= 4 is 17.5 Å². The summed E-state index contributed by atoms with van der Waals surface area (Å²) in [5.74, 6) is -0.332. The summed E-state index contributed by atoms with van der Waals surface area (Å²) in [6.45, 7) is 7.02. The molecule has 1 aromatic carbocycles. The van der Waals surface area contributed by atoms with E-state index in [2.05, 4.69) is 10.3 Å². The number of carbonyl (C=O) groups excluding carboxylic acids is 2. The molecule has 1 N–H and O–H groups in total. The van der Waals surface area contributed by atoms with E-state index in [0.29, 0.717) is 30.0 Å². The normalized spacial score (nSPS) is 10.2. The minimum Gasteiger partial charge on any atom is -0.339 e. The molecule has 0 saturated carbocycles. The first-order valence-electron chi connectivity index (χ1n) is 7.69. The predicted octanol–water partition coefficient (Wildman–Crippen LogP) is 3.12. The van der Waals surface area contributed by atoms with Gasteiger partial charge in [-0.1, -0.05) is 12.1 Å². The van der Waals surface area contributed by atoms with Crippen molar-refractivity contribution in [2.75, 3.05) is 18.4 Å². The highest BCUT2D eigenvalue weighted by molar-refractivity contribution is 6.03. The van der Waals surface area contributed by atoms with Crippen LogP contribution in [0.25, 0.3) is 0 Å². The third-order valence-corrected chi connectivity index (χ3v) is 3.54. The SMILES string of the molecule is CCN(CC)C(=O)c1cccc(NC(=O)c2cccc(C)n2)c1. The summed E-state index contributed by atoms with van der Waals surface area (Å²) < 4.78 is 0. The number of hydrogen-bond acceptors (Lipinski definition) is 3. The van der Waals surface area contributed by atoms with Gasteiger partial charge >= 0.3 is 0 Å². The van der Waals surface area contributed by atoms with Crippen LogP contribution in [-0.2, 0) is 0 Å². The minimum absolute atomic E-state index is 0.0419. The zero-order valence-electron chi connectivity index (χ0n) is 13.7. The molecule has 1 heterocycles. The van der Waals surface area contributed by atoms with Crippen molar-refractivity contribution in [2.45, 2.75) is 20.8 Å². The van der Waals surface area contributed by atoms with Crippen molar-refractivity contribution in [3.63, 3.8) is 0 Å². The molecule has 2 amide bonds. The number of pyridine rings is 1. The average Bonchev–Trinajstić information content (AvgIpc) is 2.56. The van der Waals surface area contributed by atoms with Crippen LogP contribution in [0, 0.1) is 6.92 Å². The van der Waals surface area contributed by atoms with Crippen LogP contribution >= 0.6 is 0 Å². The van der Waals surface area contributed by atoms with Gasteiger partial charge in [0, 0.05) is 30.0 Å². The quantitative estimate of drug-likeness (QED) is 0.923. The number of benzene rings is 1. The standard InChI is InChI=1S/C18H21N3O2/c1-4-21(5-2)18(23)14-9-7-10-15(12-14)20-17(22)16-11-6-8-13(3)19-16/h6-12H,4-5H2,1-3H3,(H,20,22). The van der Waals surface area contributed by atoms with E-state index in [4.69, 9.17) is 0 Å². The Balaban J connectivity index is 2.17. The summed E-state index contributed by atoms with van der Waals surface area (Å²) in [5, 5.41) is 2.78. The Hall–Kier alpha value is -2.69. The molecular formula is C18H21N3O2. The Morgan fingerprint density at radius 2 is 1.78 bits per heavy atom. The molecule has 5 heteroatoms. The van der Waals surface area contributed by atoms with Crippen LogP contribution in [0.1, 0.15) is 40.4 Å². The second-order valence-electron chi connectivity index (χ2n) is 5.18. The van der Waals surface area contributed by atoms with Gasteiger partial charge in [0.15, 0.2) is 0 Å². The van der Waals surface area contributed by atoms with Gasteiger partial charge in [-0.15, -0.1) is 0 Å². The summed E-state index contributed by atoms with van der Waals surface area (Å²) in [6, 6.07) is 12.2. The van der Waals surface area contributed by atoms with Gasteiger partial charge in [-0.2, -0.15) is 0 Å². The van der Waals surface area contributed by atoms with E-state index < -0.39 is 0 Å². The molecule has 0 atom stereocenters. The highest BCUT2D eigenvalue weighted by Gasteiger charge is 2.14. The number of rotatable bonds is 5. The average molecular weight is 311 g/mol. The molecule has 120 valence electrons. The van der Waals surface area contributed by atoms with Gasteiger partial charge < -0.3 is 10.2 Å². The fourth-order valence-corrected chi connectivity index (χ4v) is 2.29. The first kappa shape index (κ1) is 16.7. The number of aromatic nitrogens is 1. The molecule has 2 aromatic rings. The number of hydrogen-bond donors (Lipinski definition) is 1. The number of nitrogens with one attached hydrogen (secondary N) is 1. The maximum absolute atomic E-state index is 12.4. The monoisotopic (exact) mass is 311 g/mol. The Labute approximate surface area is 136 Å². The Morgan fingerprint density at radius 1 is 1.09 bits per heavy atom. The van der Waals surface area contributed by atoms with Gasteiger partial charge in [-0.05, 0) is 51.1 Å².